The average Bonchev–Trinajstić information content (AvgIpc) is 3.53. The normalized spacial score (nSPS) is 12.7. The van der Waals surface area contributed by atoms with E-state index in [1.54, 1.807) is 24.3 Å². The monoisotopic (exact) mass is 557 g/mol. The quantitative estimate of drug-likeness (QED) is 0.222. The number of hydrogen-bond acceptors (Lipinski definition) is 4. The molecule has 0 aliphatic rings. The molecule has 42 heavy (non-hydrogen) atoms. The van der Waals surface area contributed by atoms with Crippen LogP contribution in [-0.2, 0) is 10.8 Å². The van der Waals surface area contributed by atoms with Crippen molar-refractivity contribution in [3.63, 3.8) is 0 Å². The molecule has 0 spiro atoms. The Bertz CT molecular complexity index is 2590. The molecule has 7 heteroatoms. The highest BCUT2D eigenvalue weighted by Crippen LogP contribution is 2.43. The van der Waals surface area contributed by atoms with Crippen molar-refractivity contribution in [3.8, 4) is 11.8 Å². The van der Waals surface area contributed by atoms with Crippen molar-refractivity contribution in [3.05, 3.63) is 121 Å². The lowest BCUT2D eigenvalue weighted by atomic mass is 10.1. The summed E-state index contributed by atoms with van der Waals surface area (Å²) in [6, 6.07) is 33.8. The summed E-state index contributed by atoms with van der Waals surface area (Å²) in [5, 5.41) is 14.7. The van der Waals surface area contributed by atoms with Gasteiger partial charge in [0.2, 0.25) is 0 Å². The second kappa shape index (κ2) is 8.46. The topological polar surface area (TPSA) is 76.0 Å². The van der Waals surface area contributed by atoms with Gasteiger partial charge in [0.15, 0.2) is 0 Å². The molecule has 196 valence electrons. The highest BCUT2D eigenvalue weighted by molar-refractivity contribution is 7.85. The lowest BCUT2D eigenvalue weighted by Crippen LogP contribution is -1.97. The van der Waals surface area contributed by atoms with E-state index in [2.05, 4.69) is 63.6 Å². The van der Waals surface area contributed by atoms with E-state index in [-0.39, 0.29) is 0 Å². The van der Waals surface area contributed by atoms with Gasteiger partial charge in [-0.2, -0.15) is 5.26 Å². The zero-order valence-electron chi connectivity index (χ0n) is 22.0. The fraction of sp³-hybridized carbons (Fsp3) is 0. The SMILES string of the molecule is N#Cc1ccc(S(=O)c2ccc(-n3c4cncc5c6ccccc6n6c7ccccc7c7ncc3c(c54)c76)cc2)cc1. The molecule has 1 atom stereocenters. The number of nitriles is 1. The molecular weight excluding hydrogens is 538 g/mol. The zero-order valence-corrected chi connectivity index (χ0v) is 22.8. The molecule has 0 radical (unpaired) electrons. The first kappa shape index (κ1) is 23.2. The Kier molecular flexibility index (Phi) is 4.67. The number of rotatable bonds is 3. The Morgan fingerprint density at radius 3 is 2.02 bits per heavy atom. The van der Waals surface area contributed by atoms with Crippen molar-refractivity contribution >= 4 is 70.8 Å². The molecule has 0 bridgehead atoms. The highest BCUT2D eigenvalue weighted by Gasteiger charge is 2.24. The van der Waals surface area contributed by atoms with E-state index in [0.717, 1.165) is 65.7 Å². The largest absolute Gasteiger partial charge is 0.306 e. The molecule has 5 heterocycles. The standard InChI is InChI=1S/C35H19N5OS/c36-17-21-9-13-23(14-10-21)42(41)24-15-11-22(12-16-24)39-30-19-37-18-27-25-5-1-3-7-28(25)40-29-8-4-2-6-26(29)34-35(40)33(32(27)30)31(39)20-38-34/h1-16,18-20H. The maximum Gasteiger partial charge on any atom is 0.0991 e. The van der Waals surface area contributed by atoms with Crippen LogP contribution in [0.3, 0.4) is 0 Å². The van der Waals surface area contributed by atoms with Crippen LogP contribution in [-0.4, -0.2) is 23.1 Å². The lowest BCUT2D eigenvalue weighted by Gasteiger charge is -2.10. The van der Waals surface area contributed by atoms with Gasteiger partial charge in [-0.1, -0.05) is 36.4 Å². The summed E-state index contributed by atoms with van der Waals surface area (Å²) in [7, 11) is -1.36. The predicted octanol–water partition coefficient (Wildman–Crippen LogP) is 7.76. The number of fused-ring (bicyclic) bond motifs is 6. The molecule has 1 unspecified atom stereocenters. The van der Waals surface area contributed by atoms with Gasteiger partial charge in [0.05, 0.1) is 67.9 Å². The van der Waals surface area contributed by atoms with Crippen LogP contribution in [0.25, 0.3) is 65.7 Å². The predicted molar refractivity (Wildman–Crippen MR) is 167 cm³/mol. The minimum absolute atomic E-state index is 0.544. The van der Waals surface area contributed by atoms with Crippen LogP contribution in [0.1, 0.15) is 5.56 Å². The Morgan fingerprint density at radius 1 is 0.643 bits per heavy atom. The Labute approximate surface area is 241 Å². The maximum absolute atomic E-state index is 13.3. The van der Waals surface area contributed by atoms with E-state index in [4.69, 9.17) is 15.2 Å². The molecule has 0 saturated carbocycles. The van der Waals surface area contributed by atoms with Crippen molar-refractivity contribution in [1.29, 1.82) is 5.26 Å². The molecule has 0 fully saturated rings. The summed E-state index contributed by atoms with van der Waals surface area (Å²) in [5.74, 6) is 0. The van der Waals surface area contributed by atoms with E-state index in [0.29, 0.717) is 15.4 Å². The molecule has 0 N–H and O–H groups in total. The van der Waals surface area contributed by atoms with Gasteiger partial charge in [0, 0.05) is 48.6 Å². The van der Waals surface area contributed by atoms with Gasteiger partial charge in [-0.05, 0) is 60.7 Å². The third-order valence-electron chi connectivity index (χ3n) is 8.26. The third-order valence-corrected chi connectivity index (χ3v) is 9.66. The van der Waals surface area contributed by atoms with Crippen LogP contribution in [0.4, 0.5) is 0 Å². The molecule has 4 aromatic carbocycles. The molecule has 9 rings (SSSR count). The molecule has 5 aromatic heterocycles. The summed E-state index contributed by atoms with van der Waals surface area (Å²) in [5.41, 5.74) is 7.77. The average molecular weight is 558 g/mol. The van der Waals surface area contributed by atoms with Gasteiger partial charge in [0.1, 0.15) is 0 Å². The minimum Gasteiger partial charge on any atom is -0.306 e. The Balaban J connectivity index is 1.35. The molecule has 0 aliphatic carbocycles. The molecular formula is C35H19N5OS. The van der Waals surface area contributed by atoms with Gasteiger partial charge in [0.25, 0.3) is 0 Å². The first-order chi connectivity index (χ1) is 20.7. The number of pyridine rings is 2. The van der Waals surface area contributed by atoms with Crippen LogP contribution in [0.5, 0.6) is 0 Å². The van der Waals surface area contributed by atoms with E-state index in [1.165, 1.54) is 0 Å². The number of benzene rings is 4. The van der Waals surface area contributed by atoms with Gasteiger partial charge in [-0.15, -0.1) is 0 Å². The van der Waals surface area contributed by atoms with Crippen molar-refractivity contribution in [2.75, 3.05) is 0 Å². The summed E-state index contributed by atoms with van der Waals surface area (Å²) < 4.78 is 17.9. The first-order valence-corrected chi connectivity index (χ1v) is 14.7. The number of nitrogens with zero attached hydrogens (tertiary/aromatic N) is 5. The highest BCUT2D eigenvalue weighted by atomic mass is 32.2. The lowest BCUT2D eigenvalue weighted by molar-refractivity contribution is 0.683. The van der Waals surface area contributed by atoms with Crippen LogP contribution < -0.4 is 0 Å². The Morgan fingerprint density at radius 2 is 1.29 bits per heavy atom. The summed E-state index contributed by atoms with van der Waals surface area (Å²) >= 11 is 0. The molecule has 0 amide bonds. The Hall–Kier alpha value is -5.58. The van der Waals surface area contributed by atoms with Crippen LogP contribution in [0, 0.1) is 11.3 Å². The van der Waals surface area contributed by atoms with E-state index >= 15 is 0 Å². The summed E-state index contributed by atoms with van der Waals surface area (Å²) in [6.45, 7) is 0. The van der Waals surface area contributed by atoms with Gasteiger partial charge >= 0.3 is 0 Å². The maximum atomic E-state index is 13.3. The smallest absolute Gasteiger partial charge is 0.0991 e. The second-order valence-electron chi connectivity index (χ2n) is 10.4. The first-order valence-electron chi connectivity index (χ1n) is 13.6. The summed E-state index contributed by atoms with van der Waals surface area (Å²) in [4.78, 5) is 11.1. The third kappa shape index (κ3) is 2.99. The van der Waals surface area contributed by atoms with Crippen molar-refractivity contribution in [1.82, 2.24) is 18.9 Å². The van der Waals surface area contributed by atoms with Crippen LogP contribution in [0.15, 0.2) is 125 Å². The van der Waals surface area contributed by atoms with Crippen LogP contribution >= 0.6 is 0 Å². The van der Waals surface area contributed by atoms with Crippen LogP contribution in [0.2, 0.25) is 0 Å². The number of hydrogen-bond donors (Lipinski definition) is 0. The molecule has 6 nitrogen and oxygen atoms in total. The van der Waals surface area contributed by atoms with Crippen molar-refractivity contribution in [2.24, 2.45) is 0 Å². The van der Waals surface area contributed by atoms with E-state index in [1.807, 2.05) is 42.9 Å². The van der Waals surface area contributed by atoms with Gasteiger partial charge in [-0.3, -0.25) is 9.97 Å². The number of aromatic nitrogens is 4. The zero-order chi connectivity index (χ0) is 27.9. The summed E-state index contributed by atoms with van der Waals surface area (Å²) in [6.07, 6.45) is 5.86. The molecule has 0 aliphatic heterocycles. The second-order valence-corrected chi connectivity index (χ2v) is 11.9. The van der Waals surface area contributed by atoms with E-state index < -0.39 is 10.8 Å². The van der Waals surface area contributed by atoms with Gasteiger partial charge < -0.3 is 8.97 Å². The van der Waals surface area contributed by atoms with E-state index in [9.17, 15) is 4.21 Å². The fourth-order valence-electron chi connectivity index (χ4n) is 6.46. The molecule has 9 aromatic rings. The van der Waals surface area contributed by atoms with Crippen molar-refractivity contribution in [2.45, 2.75) is 9.79 Å². The van der Waals surface area contributed by atoms with Crippen molar-refractivity contribution < 1.29 is 4.21 Å². The minimum atomic E-state index is -1.36. The van der Waals surface area contributed by atoms with Gasteiger partial charge in [-0.25, -0.2) is 4.21 Å². The number of para-hydroxylation sites is 2. The molecule has 0 saturated heterocycles. The fourth-order valence-corrected chi connectivity index (χ4v) is 7.50.